The number of aromatic amines is 2. The van der Waals surface area contributed by atoms with Crippen molar-refractivity contribution in [3.63, 3.8) is 0 Å². The number of halogens is 1. The van der Waals surface area contributed by atoms with Crippen LogP contribution >= 0.6 is 0 Å². The van der Waals surface area contributed by atoms with Gasteiger partial charge in [-0.15, -0.1) is 0 Å². The third-order valence-corrected chi connectivity index (χ3v) is 8.72. The molecular formula is C37H43FN8. The van der Waals surface area contributed by atoms with Gasteiger partial charge in [0.1, 0.15) is 11.5 Å². The van der Waals surface area contributed by atoms with Crippen LogP contribution < -0.4 is 10.6 Å². The average Bonchev–Trinajstić information content (AvgIpc) is 3.80. The molecule has 1 fully saturated rings. The van der Waals surface area contributed by atoms with Crippen LogP contribution in [0.5, 0.6) is 0 Å². The van der Waals surface area contributed by atoms with Crippen molar-refractivity contribution >= 4 is 22.2 Å². The van der Waals surface area contributed by atoms with Gasteiger partial charge in [0.15, 0.2) is 0 Å². The molecule has 0 radical (unpaired) electrons. The van der Waals surface area contributed by atoms with Crippen LogP contribution in [0.1, 0.15) is 48.1 Å². The molecule has 0 spiro atoms. The molecule has 4 heterocycles. The normalized spacial score (nSPS) is 14.1. The standard InChI is InChI=1S/C37H43FN8/c1-5-8-31(27-14-29(38)16-30(15-27)41-11-12-46(3)4)32-17-35(43-24(32)2)37-33-18-34(42-23-36(33)44-45-37)28-13-26(21-40-22-28)20-39-19-25-9-6-7-10-25/h5,8,13-18,21-23,25,39,41,43H,1,6-7,9-12,19-20H2,2-4H3,(H,44,45)/b31-8-. The molecule has 5 aromatic rings. The van der Waals surface area contributed by atoms with E-state index in [9.17, 15) is 4.39 Å². The summed E-state index contributed by atoms with van der Waals surface area (Å²) >= 11 is 0. The van der Waals surface area contributed by atoms with Gasteiger partial charge in [-0.2, -0.15) is 5.10 Å². The molecule has 1 aromatic carbocycles. The first-order valence-electron chi connectivity index (χ1n) is 16.1. The number of aryl methyl sites for hydroxylation is 1. The summed E-state index contributed by atoms with van der Waals surface area (Å²) in [5, 5.41) is 15.7. The minimum Gasteiger partial charge on any atom is -0.384 e. The number of aromatic nitrogens is 5. The Morgan fingerprint density at radius 3 is 2.74 bits per heavy atom. The maximum atomic E-state index is 14.8. The topological polar surface area (TPSA) is 97.6 Å². The summed E-state index contributed by atoms with van der Waals surface area (Å²) in [7, 11) is 4.03. The second-order valence-electron chi connectivity index (χ2n) is 12.5. The predicted octanol–water partition coefficient (Wildman–Crippen LogP) is 7.33. The molecule has 0 unspecified atom stereocenters. The molecule has 6 rings (SSSR count). The molecular weight excluding hydrogens is 575 g/mol. The van der Waals surface area contributed by atoms with E-state index in [1.807, 2.05) is 51.8 Å². The molecule has 0 amide bonds. The minimum absolute atomic E-state index is 0.297. The number of likely N-dealkylation sites (N-methyl/N-ethyl adjacent to an activating group) is 1. The van der Waals surface area contributed by atoms with Crippen LogP contribution in [0.2, 0.25) is 0 Å². The van der Waals surface area contributed by atoms with Crippen LogP contribution in [-0.2, 0) is 6.54 Å². The molecule has 4 N–H and O–H groups in total. The van der Waals surface area contributed by atoms with Crippen molar-refractivity contribution in [3.8, 4) is 22.6 Å². The molecule has 8 nitrogen and oxygen atoms in total. The van der Waals surface area contributed by atoms with Gasteiger partial charge in [-0.05, 0) is 99.4 Å². The SMILES string of the molecule is C=C/C=C(/c1cc(F)cc(NCCN(C)C)c1)c1cc(-c2n[nH]c3cnc(-c4cncc(CNCC5CCCC5)c4)cc23)[nH]c1C. The largest absolute Gasteiger partial charge is 0.384 e. The summed E-state index contributed by atoms with van der Waals surface area (Å²) in [5.41, 5.74) is 9.71. The second-order valence-corrected chi connectivity index (χ2v) is 12.5. The minimum atomic E-state index is -0.297. The van der Waals surface area contributed by atoms with E-state index in [-0.39, 0.29) is 5.82 Å². The van der Waals surface area contributed by atoms with Crippen molar-refractivity contribution in [2.45, 2.75) is 39.2 Å². The molecule has 9 heteroatoms. The second kappa shape index (κ2) is 14.2. The van der Waals surface area contributed by atoms with Crippen LogP contribution in [0.4, 0.5) is 10.1 Å². The summed E-state index contributed by atoms with van der Waals surface area (Å²) in [6.07, 6.45) is 14.6. The molecule has 1 aliphatic rings. The third-order valence-electron chi connectivity index (χ3n) is 8.72. The van der Waals surface area contributed by atoms with Gasteiger partial charge in [-0.1, -0.05) is 31.6 Å². The quantitative estimate of drug-likeness (QED) is 0.103. The first-order chi connectivity index (χ1) is 22.4. The van der Waals surface area contributed by atoms with E-state index < -0.39 is 0 Å². The number of benzene rings is 1. The fraction of sp³-hybridized carbons (Fsp3) is 0.324. The first-order valence-corrected chi connectivity index (χ1v) is 16.1. The van der Waals surface area contributed by atoms with Gasteiger partial charge in [-0.25, -0.2) is 4.39 Å². The molecule has 0 atom stereocenters. The van der Waals surface area contributed by atoms with Crippen LogP contribution in [-0.4, -0.2) is 63.8 Å². The van der Waals surface area contributed by atoms with Crippen molar-refractivity contribution in [1.29, 1.82) is 0 Å². The highest BCUT2D eigenvalue weighted by molar-refractivity contribution is 5.95. The number of nitrogens with zero attached hydrogens (tertiary/aromatic N) is 4. The van der Waals surface area contributed by atoms with Gasteiger partial charge in [-0.3, -0.25) is 15.1 Å². The first kappa shape index (κ1) is 31.4. The van der Waals surface area contributed by atoms with Gasteiger partial charge >= 0.3 is 0 Å². The summed E-state index contributed by atoms with van der Waals surface area (Å²) < 4.78 is 14.8. The number of fused-ring (bicyclic) bond motifs is 1. The van der Waals surface area contributed by atoms with Crippen LogP contribution in [0.15, 0.2) is 73.7 Å². The van der Waals surface area contributed by atoms with E-state index in [1.54, 1.807) is 12.1 Å². The zero-order valence-corrected chi connectivity index (χ0v) is 27.0. The number of pyridine rings is 2. The summed E-state index contributed by atoms with van der Waals surface area (Å²) in [4.78, 5) is 14.9. The lowest BCUT2D eigenvalue weighted by Gasteiger charge is -2.14. The number of rotatable bonds is 13. The van der Waals surface area contributed by atoms with E-state index in [4.69, 9.17) is 4.98 Å². The molecule has 4 aromatic heterocycles. The average molecular weight is 619 g/mol. The number of H-pyrrole nitrogens is 2. The van der Waals surface area contributed by atoms with Gasteiger partial charge < -0.3 is 20.5 Å². The van der Waals surface area contributed by atoms with Gasteiger partial charge in [0.25, 0.3) is 0 Å². The van der Waals surface area contributed by atoms with E-state index in [0.29, 0.717) is 6.54 Å². The molecule has 238 valence electrons. The van der Waals surface area contributed by atoms with Crippen LogP contribution in [0.3, 0.4) is 0 Å². The van der Waals surface area contributed by atoms with Crippen molar-refractivity contribution in [2.24, 2.45) is 5.92 Å². The fourth-order valence-electron chi connectivity index (χ4n) is 6.34. The Morgan fingerprint density at radius 1 is 1.09 bits per heavy atom. The zero-order chi connectivity index (χ0) is 32.0. The number of hydrogen-bond donors (Lipinski definition) is 4. The van der Waals surface area contributed by atoms with Crippen LogP contribution in [0.25, 0.3) is 39.1 Å². The smallest absolute Gasteiger partial charge is 0.125 e. The van der Waals surface area contributed by atoms with Crippen LogP contribution in [0, 0.1) is 18.7 Å². The number of hydrogen-bond acceptors (Lipinski definition) is 6. The highest BCUT2D eigenvalue weighted by Gasteiger charge is 2.18. The van der Waals surface area contributed by atoms with Gasteiger partial charge in [0.2, 0.25) is 0 Å². The lowest BCUT2D eigenvalue weighted by atomic mass is 9.96. The molecule has 0 aliphatic heterocycles. The zero-order valence-electron chi connectivity index (χ0n) is 27.0. The Balaban J connectivity index is 1.27. The van der Waals surface area contributed by atoms with E-state index in [2.05, 4.69) is 60.5 Å². The molecule has 0 bridgehead atoms. The molecule has 46 heavy (non-hydrogen) atoms. The van der Waals surface area contributed by atoms with Gasteiger partial charge in [0.05, 0.1) is 23.1 Å². The maximum absolute atomic E-state index is 14.8. The Labute approximate surface area is 270 Å². The van der Waals surface area contributed by atoms with E-state index in [0.717, 1.165) is 92.7 Å². The fourth-order valence-corrected chi connectivity index (χ4v) is 6.34. The highest BCUT2D eigenvalue weighted by atomic mass is 19.1. The van der Waals surface area contributed by atoms with Crippen molar-refractivity contribution in [1.82, 2.24) is 35.4 Å². The Bertz CT molecular complexity index is 1840. The summed E-state index contributed by atoms with van der Waals surface area (Å²) in [5.74, 6) is 0.497. The summed E-state index contributed by atoms with van der Waals surface area (Å²) in [6.45, 7) is 9.36. The summed E-state index contributed by atoms with van der Waals surface area (Å²) in [6, 6.07) is 11.4. The monoisotopic (exact) mass is 618 g/mol. The van der Waals surface area contributed by atoms with Crippen molar-refractivity contribution in [3.05, 3.63) is 102 Å². The lowest BCUT2D eigenvalue weighted by Crippen LogP contribution is -2.20. The molecule has 1 saturated carbocycles. The Hall–Kier alpha value is -4.60. The number of nitrogens with one attached hydrogen (secondary N) is 4. The maximum Gasteiger partial charge on any atom is 0.125 e. The van der Waals surface area contributed by atoms with Crippen molar-refractivity contribution < 1.29 is 4.39 Å². The van der Waals surface area contributed by atoms with Crippen molar-refractivity contribution in [2.75, 3.05) is 39.0 Å². The van der Waals surface area contributed by atoms with Gasteiger partial charge in [0, 0.05) is 59.9 Å². The molecule has 1 aliphatic carbocycles. The Kier molecular flexibility index (Phi) is 9.71. The predicted molar refractivity (Wildman–Crippen MR) is 186 cm³/mol. The molecule has 0 saturated heterocycles. The third kappa shape index (κ3) is 7.27. The van der Waals surface area contributed by atoms with E-state index >= 15 is 0 Å². The lowest BCUT2D eigenvalue weighted by molar-refractivity contribution is 0.425. The van der Waals surface area contributed by atoms with E-state index in [1.165, 1.54) is 31.7 Å². The number of anilines is 1. The Morgan fingerprint density at radius 2 is 1.93 bits per heavy atom. The number of allylic oxidation sites excluding steroid dienone is 2. The highest BCUT2D eigenvalue weighted by Crippen LogP contribution is 2.35.